The first kappa shape index (κ1) is 22.7. The average molecular weight is 438 g/mol. The van der Waals surface area contributed by atoms with Crippen LogP contribution in [-0.2, 0) is 16.8 Å². The summed E-state index contributed by atoms with van der Waals surface area (Å²) in [6.07, 6.45) is 0. The molecule has 0 aliphatic rings. The molecule has 0 aliphatic carbocycles. The number of hydrogen-bond acceptors (Lipinski definition) is 3. The van der Waals surface area contributed by atoms with Crippen LogP contribution in [0.3, 0.4) is 0 Å². The lowest BCUT2D eigenvalue weighted by atomic mass is 9.84. The molecule has 0 amide bonds. The Morgan fingerprint density at radius 2 is 1.52 bits per heavy atom. The largest absolute Gasteiger partial charge is 0.457 e. The number of carbonyl (C=O) groups is 1. The summed E-state index contributed by atoms with van der Waals surface area (Å²) in [6, 6.07) is 22.1. The van der Waals surface area contributed by atoms with Crippen molar-refractivity contribution in [1.82, 2.24) is 4.98 Å². The SMILES string of the molecule is Cc1ccc(-c2cc(C(=O)OCc3c(C)cc(C(C)(C)C)cc3C)c3ccccc3n2)cc1. The number of aryl methyl sites for hydroxylation is 3. The number of para-hydroxylation sites is 1. The van der Waals surface area contributed by atoms with E-state index < -0.39 is 0 Å². The molecule has 1 heterocycles. The third kappa shape index (κ3) is 4.83. The van der Waals surface area contributed by atoms with Crippen LogP contribution in [0.15, 0.2) is 66.7 Å². The normalized spacial score (nSPS) is 11.6. The standard InChI is InChI=1S/C30H31NO2/c1-19-11-13-22(14-12-19)28-17-25(24-9-7-8-10-27(24)31-28)29(32)33-18-26-20(2)15-23(16-21(26)3)30(4,5)6/h7-17H,18H2,1-6H3. The number of fused-ring (bicyclic) bond motifs is 1. The fourth-order valence-corrected chi connectivity index (χ4v) is 4.09. The fraction of sp³-hybridized carbons (Fsp3) is 0.267. The Kier molecular flexibility index (Phi) is 6.07. The molecule has 168 valence electrons. The lowest BCUT2D eigenvalue weighted by molar-refractivity contribution is 0.0474. The van der Waals surface area contributed by atoms with E-state index in [1.54, 1.807) is 0 Å². The maximum absolute atomic E-state index is 13.3. The number of esters is 1. The Labute approximate surface area is 196 Å². The molecular weight excluding hydrogens is 406 g/mol. The summed E-state index contributed by atoms with van der Waals surface area (Å²) in [7, 11) is 0. The van der Waals surface area contributed by atoms with Crippen LogP contribution in [-0.4, -0.2) is 11.0 Å². The van der Waals surface area contributed by atoms with Crippen LogP contribution in [0.1, 0.15) is 58.9 Å². The smallest absolute Gasteiger partial charge is 0.339 e. The Balaban J connectivity index is 1.67. The summed E-state index contributed by atoms with van der Waals surface area (Å²) in [4.78, 5) is 18.1. The molecule has 33 heavy (non-hydrogen) atoms. The highest BCUT2D eigenvalue weighted by atomic mass is 16.5. The van der Waals surface area contributed by atoms with Crippen LogP contribution >= 0.6 is 0 Å². The zero-order valence-electron chi connectivity index (χ0n) is 20.3. The van der Waals surface area contributed by atoms with E-state index in [1.807, 2.05) is 42.5 Å². The lowest BCUT2D eigenvalue weighted by Crippen LogP contribution is -2.13. The molecule has 0 N–H and O–H groups in total. The number of pyridine rings is 1. The molecule has 3 aromatic carbocycles. The Morgan fingerprint density at radius 3 is 2.15 bits per heavy atom. The van der Waals surface area contributed by atoms with E-state index >= 15 is 0 Å². The predicted molar refractivity (Wildman–Crippen MR) is 136 cm³/mol. The number of hydrogen-bond donors (Lipinski definition) is 0. The van der Waals surface area contributed by atoms with Gasteiger partial charge >= 0.3 is 5.97 Å². The fourth-order valence-electron chi connectivity index (χ4n) is 4.09. The van der Waals surface area contributed by atoms with Gasteiger partial charge in [0.2, 0.25) is 0 Å². The number of rotatable bonds is 4. The molecule has 0 bridgehead atoms. The van der Waals surface area contributed by atoms with Crippen molar-refractivity contribution in [3.8, 4) is 11.3 Å². The molecule has 4 aromatic rings. The summed E-state index contributed by atoms with van der Waals surface area (Å²) in [6.45, 7) is 13.1. The first-order valence-electron chi connectivity index (χ1n) is 11.4. The van der Waals surface area contributed by atoms with Gasteiger partial charge in [0, 0.05) is 10.9 Å². The quantitative estimate of drug-likeness (QED) is 0.311. The number of carbonyl (C=O) groups excluding carboxylic acids is 1. The van der Waals surface area contributed by atoms with Gasteiger partial charge in [0.15, 0.2) is 0 Å². The number of aromatic nitrogens is 1. The molecule has 0 saturated heterocycles. The maximum Gasteiger partial charge on any atom is 0.339 e. The lowest BCUT2D eigenvalue weighted by Gasteiger charge is -2.22. The topological polar surface area (TPSA) is 39.2 Å². The average Bonchev–Trinajstić information content (AvgIpc) is 2.77. The van der Waals surface area contributed by atoms with E-state index in [2.05, 4.69) is 65.8 Å². The van der Waals surface area contributed by atoms with Gasteiger partial charge in [-0.3, -0.25) is 0 Å². The van der Waals surface area contributed by atoms with Gasteiger partial charge in [0.05, 0.1) is 16.8 Å². The third-order valence-corrected chi connectivity index (χ3v) is 6.19. The highest BCUT2D eigenvalue weighted by Gasteiger charge is 2.19. The molecule has 0 unspecified atom stereocenters. The highest BCUT2D eigenvalue weighted by Crippen LogP contribution is 2.29. The Hall–Kier alpha value is -3.46. The van der Waals surface area contributed by atoms with Crippen molar-refractivity contribution in [2.45, 2.75) is 53.6 Å². The molecule has 0 atom stereocenters. The molecule has 3 nitrogen and oxygen atoms in total. The predicted octanol–water partition coefficient (Wildman–Crippen LogP) is 7.48. The van der Waals surface area contributed by atoms with Gasteiger partial charge in [-0.15, -0.1) is 0 Å². The minimum Gasteiger partial charge on any atom is -0.457 e. The van der Waals surface area contributed by atoms with Crippen LogP contribution < -0.4 is 0 Å². The van der Waals surface area contributed by atoms with Crippen molar-refractivity contribution in [3.63, 3.8) is 0 Å². The summed E-state index contributed by atoms with van der Waals surface area (Å²) < 4.78 is 5.85. The van der Waals surface area contributed by atoms with E-state index in [4.69, 9.17) is 9.72 Å². The van der Waals surface area contributed by atoms with Gasteiger partial charge in [-0.2, -0.15) is 0 Å². The maximum atomic E-state index is 13.3. The minimum atomic E-state index is -0.333. The van der Waals surface area contributed by atoms with Crippen molar-refractivity contribution >= 4 is 16.9 Å². The molecule has 0 fully saturated rings. The molecule has 4 rings (SSSR count). The minimum absolute atomic E-state index is 0.0764. The van der Waals surface area contributed by atoms with Crippen LogP contribution in [0.4, 0.5) is 0 Å². The van der Waals surface area contributed by atoms with E-state index in [1.165, 1.54) is 11.1 Å². The molecule has 1 aromatic heterocycles. The van der Waals surface area contributed by atoms with Gasteiger partial charge in [0.1, 0.15) is 6.61 Å². The van der Waals surface area contributed by atoms with Crippen LogP contribution in [0, 0.1) is 20.8 Å². The zero-order chi connectivity index (χ0) is 23.8. The van der Waals surface area contributed by atoms with Gasteiger partial charge in [-0.1, -0.05) is 80.9 Å². The second-order valence-electron chi connectivity index (χ2n) is 9.85. The van der Waals surface area contributed by atoms with Gasteiger partial charge < -0.3 is 4.74 Å². The van der Waals surface area contributed by atoms with E-state index in [-0.39, 0.29) is 18.0 Å². The summed E-state index contributed by atoms with van der Waals surface area (Å²) in [5.41, 5.74) is 8.97. The van der Waals surface area contributed by atoms with Gasteiger partial charge in [0.25, 0.3) is 0 Å². The Morgan fingerprint density at radius 1 is 0.879 bits per heavy atom. The number of nitrogens with zero attached hydrogens (tertiary/aromatic N) is 1. The summed E-state index contributed by atoms with van der Waals surface area (Å²) in [5.74, 6) is -0.333. The molecule has 3 heteroatoms. The van der Waals surface area contributed by atoms with Crippen molar-refractivity contribution < 1.29 is 9.53 Å². The van der Waals surface area contributed by atoms with E-state index in [0.29, 0.717) is 5.56 Å². The van der Waals surface area contributed by atoms with Gasteiger partial charge in [-0.05, 0) is 60.6 Å². The number of benzene rings is 3. The first-order chi connectivity index (χ1) is 15.6. The summed E-state index contributed by atoms with van der Waals surface area (Å²) in [5, 5.41) is 0.801. The first-order valence-corrected chi connectivity index (χ1v) is 11.4. The molecule has 0 radical (unpaired) electrons. The van der Waals surface area contributed by atoms with E-state index in [9.17, 15) is 4.79 Å². The Bertz CT molecular complexity index is 1310. The van der Waals surface area contributed by atoms with Crippen molar-refractivity contribution in [2.24, 2.45) is 0 Å². The molecule has 0 saturated carbocycles. The van der Waals surface area contributed by atoms with E-state index in [0.717, 1.165) is 38.9 Å². The molecule has 0 aliphatic heterocycles. The van der Waals surface area contributed by atoms with Crippen LogP contribution in [0.25, 0.3) is 22.2 Å². The second-order valence-corrected chi connectivity index (χ2v) is 9.85. The van der Waals surface area contributed by atoms with Crippen molar-refractivity contribution in [1.29, 1.82) is 0 Å². The van der Waals surface area contributed by atoms with Crippen molar-refractivity contribution in [2.75, 3.05) is 0 Å². The monoisotopic (exact) mass is 437 g/mol. The molecular formula is C30H31NO2. The van der Waals surface area contributed by atoms with Gasteiger partial charge in [-0.25, -0.2) is 9.78 Å². The summed E-state index contributed by atoms with van der Waals surface area (Å²) >= 11 is 0. The molecule has 0 spiro atoms. The third-order valence-electron chi connectivity index (χ3n) is 6.19. The van der Waals surface area contributed by atoms with Crippen LogP contribution in [0.5, 0.6) is 0 Å². The van der Waals surface area contributed by atoms with Crippen LogP contribution in [0.2, 0.25) is 0 Å². The second kappa shape index (κ2) is 8.82. The highest BCUT2D eigenvalue weighted by molar-refractivity contribution is 6.04. The zero-order valence-corrected chi connectivity index (χ0v) is 20.3. The number of ether oxygens (including phenoxy) is 1. The van der Waals surface area contributed by atoms with Crippen molar-refractivity contribution in [3.05, 3.63) is 100 Å².